The average molecular weight is 381 g/mol. The zero-order chi connectivity index (χ0) is 18.4. The number of halogens is 2. The minimum atomic E-state index is -0.752. The molecule has 1 atom stereocenters. The minimum Gasteiger partial charge on any atom is -0.479 e. The Bertz CT molecular complexity index is 763. The highest BCUT2D eigenvalue weighted by Crippen LogP contribution is 2.28. The molecule has 25 heavy (non-hydrogen) atoms. The predicted molar refractivity (Wildman–Crippen MR) is 101 cm³/mol. The largest absolute Gasteiger partial charge is 0.479 e. The van der Waals surface area contributed by atoms with E-state index in [1.807, 2.05) is 0 Å². The van der Waals surface area contributed by atoms with Crippen molar-refractivity contribution in [2.45, 2.75) is 26.4 Å². The van der Waals surface area contributed by atoms with Crippen molar-refractivity contribution in [3.63, 3.8) is 0 Å². The van der Waals surface area contributed by atoms with E-state index in [0.29, 0.717) is 33.6 Å². The molecule has 0 saturated heterocycles. The first kappa shape index (κ1) is 19.1. The third-order valence-electron chi connectivity index (χ3n) is 3.32. The van der Waals surface area contributed by atoms with Gasteiger partial charge in [0, 0.05) is 22.8 Å². The number of nitrogens with one attached hydrogen (secondary N) is 2. The van der Waals surface area contributed by atoms with Crippen molar-refractivity contribution >= 4 is 46.4 Å². The van der Waals surface area contributed by atoms with Crippen molar-refractivity contribution in [2.75, 3.05) is 10.6 Å². The number of carbonyl (C=O) groups is 2. The van der Waals surface area contributed by atoms with Crippen molar-refractivity contribution in [3.05, 3.63) is 52.5 Å². The first-order valence-electron chi connectivity index (χ1n) is 7.71. The molecule has 0 saturated carbocycles. The Hall–Kier alpha value is -2.24. The molecule has 2 N–H and O–H groups in total. The van der Waals surface area contributed by atoms with Crippen molar-refractivity contribution in [2.24, 2.45) is 0 Å². The lowest BCUT2D eigenvalue weighted by Gasteiger charge is -2.16. The van der Waals surface area contributed by atoms with Crippen LogP contribution in [0.4, 0.5) is 11.4 Å². The summed E-state index contributed by atoms with van der Waals surface area (Å²) in [7, 11) is 0. The van der Waals surface area contributed by atoms with Gasteiger partial charge in [0.05, 0.1) is 5.02 Å². The van der Waals surface area contributed by atoms with Crippen LogP contribution in [0.15, 0.2) is 42.5 Å². The highest BCUT2D eigenvalue weighted by molar-refractivity contribution is 6.35. The zero-order valence-electron chi connectivity index (χ0n) is 13.8. The predicted octanol–water partition coefficient (Wildman–Crippen LogP) is 4.75. The molecule has 132 valence electrons. The molecule has 2 aromatic rings. The molecular weight excluding hydrogens is 363 g/mol. The van der Waals surface area contributed by atoms with Crippen LogP contribution in [0, 0.1) is 0 Å². The summed E-state index contributed by atoms with van der Waals surface area (Å²) in [5, 5.41) is 6.30. The molecule has 0 aliphatic carbocycles. The lowest BCUT2D eigenvalue weighted by atomic mass is 10.2. The van der Waals surface area contributed by atoms with Gasteiger partial charge in [-0.15, -0.1) is 0 Å². The number of ether oxygens (including phenoxy) is 1. The van der Waals surface area contributed by atoms with Gasteiger partial charge in [-0.05, 0) is 49.4 Å². The van der Waals surface area contributed by atoms with Crippen LogP contribution in [0.1, 0.15) is 20.3 Å². The maximum Gasteiger partial charge on any atom is 0.265 e. The Morgan fingerprint density at radius 3 is 2.20 bits per heavy atom. The second-order valence-electron chi connectivity index (χ2n) is 5.30. The number of benzene rings is 2. The average Bonchev–Trinajstić information content (AvgIpc) is 2.58. The molecule has 5 nitrogen and oxygen atoms in total. The lowest BCUT2D eigenvalue weighted by molar-refractivity contribution is -0.122. The molecule has 0 bridgehead atoms. The molecule has 0 aliphatic rings. The summed E-state index contributed by atoms with van der Waals surface area (Å²) in [4.78, 5) is 23.6. The van der Waals surface area contributed by atoms with E-state index in [4.69, 9.17) is 27.9 Å². The Morgan fingerprint density at radius 2 is 1.64 bits per heavy atom. The fraction of sp³-hybridized carbons (Fsp3) is 0.222. The Morgan fingerprint density at radius 1 is 1.04 bits per heavy atom. The van der Waals surface area contributed by atoms with Crippen molar-refractivity contribution in [1.82, 2.24) is 0 Å². The summed E-state index contributed by atoms with van der Waals surface area (Å²) < 4.78 is 5.57. The van der Waals surface area contributed by atoms with Crippen molar-refractivity contribution in [3.8, 4) is 5.75 Å². The Balaban J connectivity index is 1.95. The zero-order valence-corrected chi connectivity index (χ0v) is 15.3. The van der Waals surface area contributed by atoms with E-state index in [1.54, 1.807) is 56.3 Å². The van der Waals surface area contributed by atoms with Gasteiger partial charge in [-0.2, -0.15) is 0 Å². The SMILES string of the molecule is CCC(=O)Nc1ccc(NC(=O)C(C)Oc2ccc(Cl)cc2Cl)cc1. The molecule has 0 aromatic heterocycles. The summed E-state index contributed by atoms with van der Waals surface area (Å²) in [6.45, 7) is 3.40. The molecule has 2 rings (SSSR count). The van der Waals surface area contributed by atoms with Crippen LogP contribution in [-0.2, 0) is 9.59 Å². The lowest BCUT2D eigenvalue weighted by Crippen LogP contribution is -2.30. The number of anilines is 2. The highest BCUT2D eigenvalue weighted by atomic mass is 35.5. The van der Waals surface area contributed by atoms with Crippen LogP contribution in [0.3, 0.4) is 0 Å². The number of hydrogen-bond acceptors (Lipinski definition) is 3. The quantitative estimate of drug-likeness (QED) is 0.759. The van der Waals surface area contributed by atoms with Gasteiger partial charge in [-0.3, -0.25) is 9.59 Å². The van der Waals surface area contributed by atoms with E-state index in [-0.39, 0.29) is 11.8 Å². The molecule has 7 heteroatoms. The normalized spacial score (nSPS) is 11.5. The summed E-state index contributed by atoms with van der Waals surface area (Å²) in [5.74, 6) is -0.0126. The van der Waals surface area contributed by atoms with Gasteiger partial charge in [-0.25, -0.2) is 0 Å². The maximum absolute atomic E-state index is 12.2. The first-order valence-corrected chi connectivity index (χ1v) is 8.47. The second kappa shape index (κ2) is 8.74. The Kier molecular flexibility index (Phi) is 6.67. The van der Waals surface area contributed by atoms with Gasteiger partial charge in [0.25, 0.3) is 5.91 Å². The van der Waals surface area contributed by atoms with E-state index >= 15 is 0 Å². The van der Waals surface area contributed by atoms with Crippen LogP contribution in [-0.4, -0.2) is 17.9 Å². The van der Waals surface area contributed by atoms with Crippen LogP contribution in [0.5, 0.6) is 5.75 Å². The van der Waals surface area contributed by atoms with Gasteiger partial charge in [0.2, 0.25) is 5.91 Å². The molecule has 2 aromatic carbocycles. The molecule has 0 aliphatic heterocycles. The molecule has 0 spiro atoms. The van der Waals surface area contributed by atoms with Gasteiger partial charge < -0.3 is 15.4 Å². The third kappa shape index (κ3) is 5.66. The number of rotatable bonds is 6. The fourth-order valence-electron chi connectivity index (χ4n) is 1.94. The monoisotopic (exact) mass is 380 g/mol. The minimum absolute atomic E-state index is 0.0707. The molecule has 0 radical (unpaired) electrons. The van der Waals surface area contributed by atoms with Gasteiger partial charge in [0.15, 0.2) is 6.10 Å². The van der Waals surface area contributed by atoms with Gasteiger partial charge in [-0.1, -0.05) is 30.1 Å². The van der Waals surface area contributed by atoms with Crippen LogP contribution in [0.2, 0.25) is 10.0 Å². The highest BCUT2D eigenvalue weighted by Gasteiger charge is 2.16. The number of carbonyl (C=O) groups excluding carboxylic acids is 2. The molecule has 0 heterocycles. The van der Waals surface area contributed by atoms with E-state index in [9.17, 15) is 9.59 Å². The number of amides is 2. The molecular formula is C18H18Cl2N2O3. The van der Waals surface area contributed by atoms with E-state index in [1.165, 1.54) is 0 Å². The van der Waals surface area contributed by atoms with E-state index < -0.39 is 6.10 Å². The summed E-state index contributed by atoms with van der Waals surface area (Å²) in [6.07, 6.45) is -0.348. The van der Waals surface area contributed by atoms with Gasteiger partial charge >= 0.3 is 0 Å². The van der Waals surface area contributed by atoms with Crippen LogP contribution < -0.4 is 15.4 Å². The van der Waals surface area contributed by atoms with Crippen molar-refractivity contribution in [1.29, 1.82) is 0 Å². The summed E-state index contributed by atoms with van der Waals surface area (Å²) >= 11 is 11.9. The Labute approximate surface area is 156 Å². The first-order chi connectivity index (χ1) is 11.9. The number of hydrogen-bond donors (Lipinski definition) is 2. The van der Waals surface area contributed by atoms with E-state index in [2.05, 4.69) is 10.6 Å². The smallest absolute Gasteiger partial charge is 0.265 e. The van der Waals surface area contributed by atoms with Gasteiger partial charge in [0.1, 0.15) is 5.75 Å². The third-order valence-corrected chi connectivity index (χ3v) is 3.85. The van der Waals surface area contributed by atoms with Crippen LogP contribution in [0.25, 0.3) is 0 Å². The molecule has 0 fully saturated rings. The molecule has 2 amide bonds. The topological polar surface area (TPSA) is 67.4 Å². The fourth-order valence-corrected chi connectivity index (χ4v) is 2.40. The standard InChI is InChI=1S/C18H18Cl2N2O3/c1-3-17(23)21-13-5-7-14(8-6-13)22-18(24)11(2)25-16-9-4-12(19)10-15(16)20/h4-11H,3H2,1-2H3,(H,21,23)(H,22,24). The summed E-state index contributed by atoms with van der Waals surface area (Å²) in [5.41, 5.74) is 1.26. The second-order valence-corrected chi connectivity index (χ2v) is 6.15. The molecule has 1 unspecified atom stereocenters. The summed E-state index contributed by atoms with van der Waals surface area (Å²) in [6, 6.07) is 11.6. The van der Waals surface area contributed by atoms with Crippen LogP contribution >= 0.6 is 23.2 Å². The van der Waals surface area contributed by atoms with Crippen molar-refractivity contribution < 1.29 is 14.3 Å². The maximum atomic E-state index is 12.2. The van der Waals surface area contributed by atoms with E-state index in [0.717, 1.165) is 0 Å².